The van der Waals surface area contributed by atoms with Gasteiger partial charge in [0, 0.05) is 18.1 Å². The van der Waals surface area contributed by atoms with Crippen molar-refractivity contribution in [2.45, 2.75) is 6.54 Å². The first kappa shape index (κ1) is 19.8. The molecule has 1 N–H and O–H groups in total. The maximum absolute atomic E-state index is 9.55. The van der Waals surface area contributed by atoms with Gasteiger partial charge in [-0.1, -0.05) is 60.7 Å². The number of aliphatic hydroxyl groups excluding tert-OH is 1. The highest BCUT2D eigenvalue weighted by Crippen LogP contribution is 2.55. The molecule has 0 aliphatic heterocycles. The minimum absolute atomic E-state index is 0.129. The molecule has 0 saturated heterocycles. The Morgan fingerprint density at radius 3 is 1.58 bits per heavy atom. The highest BCUT2D eigenvalue weighted by molar-refractivity contribution is 8.01. The van der Waals surface area contributed by atoms with Crippen molar-refractivity contribution < 1.29 is 5.11 Å². The molecule has 3 heteroatoms. The molecule has 0 bridgehead atoms. The van der Waals surface area contributed by atoms with Gasteiger partial charge in [0.15, 0.2) is 0 Å². The second-order valence-electron chi connectivity index (χ2n) is 7.62. The summed E-state index contributed by atoms with van der Waals surface area (Å²) < 4.78 is 2.15. The van der Waals surface area contributed by atoms with Crippen LogP contribution >= 0.6 is 7.26 Å². The first-order valence-corrected chi connectivity index (χ1v) is 12.4. The van der Waals surface area contributed by atoms with Gasteiger partial charge in [0.1, 0.15) is 28.5 Å². The summed E-state index contributed by atoms with van der Waals surface area (Å²) in [6.07, 6.45) is 2.10. The van der Waals surface area contributed by atoms with Crippen LogP contribution < -0.4 is 21.2 Å². The predicted molar refractivity (Wildman–Crippen MR) is 134 cm³/mol. The molecule has 1 heterocycles. The van der Waals surface area contributed by atoms with Gasteiger partial charge < -0.3 is 9.67 Å². The van der Waals surface area contributed by atoms with E-state index in [1.807, 2.05) is 0 Å². The number of hydrogen-bond acceptors (Lipinski definition) is 1. The van der Waals surface area contributed by atoms with E-state index in [-0.39, 0.29) is 6.61 Å². The van der Waals surface area contributed by atoms with Gasteiger partial charge >= 0.3 is 0 Å². The summed E-state index contributed by atoms with van der Waals surface area (Å²) in [5.74, 6) is 0. The third-order valence-corrected chi connectivity index (χ3v) is 10.3. The molecular weight excluding hydrogens is 397 g/mol. The molecule has 0 saturated carbocycles. The predicted octanol–water partition coefficient (Wildman–Crippen LogP) is 4.25. The largest absolute Gasteiger partial charge is 0.395 e. The van der Waals surface area contributed by atoms with Crippen LogP contribution in [0.15, 0.2) is 121 Å². The Balaban J connectivity index is 1.93. The van der Waals surface area contributed by atoms with Gasteiger partial charge in [0.2, 0.25) is 0 Å². The van der Waals surface area contributed by atoms with E-state index in [4.69, 9.17) is 0 Å². The normalized spacial score (nSPS) is 11.6. The zero-order valence-electron chi connectivity index (χ0n) is 17.3. The number of aliphatic hydroxyl groups is 1. The Morgan fingerprint density at radius 2 is 1.10 bits per heavy atom. The minimum Gasteiger partial charge on any atom is -0.395 e. The molecule has 0 radical (unpaired) electrons. The van der Waals surface area contributed by atoms with Gasteiger partial charge in [-0.25, -0.2) is 0 Å². The molecule has 0 amide bonds. The summed E-state index contributed by atoms with van der Waals surface area (Å²) in [6, 6.07) is 41.6. The van der Waals surface area contributed by atoms with Crippen LogP contribution in [-0.4, -0.2) is 16.3 Å². The Kier molecular flexibility index (Phi) is 5.42. The summed E-state index contributed by atoms with van der Waals surface area (Å²) in [7, 11) is -2.13. The standard InChI is InChI=1S/C28H25NOP/c30-22-21-29-20-19-26-27(29)17-10-18-28(26)31(23-11-4-1-5-12-23,24-13-6-2-7-14-24)25-15-8-3-9-16-25/h1-20,30H,21-22H2/q+1. The molecule has 0 fully saturated rings. The van der Waals surface area contributed by atoms with Crippen LogP contribution in [0, 0.1) is 0 Å². The van der Waals surface area contributed by atoms with Gasteiger partial charge in [-0.2, -0.15) is 0 Å². The topological polar surface area (TPSA) is 25.2 Å². The van der Waals surface area contributed by atoms with E-state index in [0.717, 1.165) is 0 Å². The van der Waals surface area contributed by atoms with Gasteiger partial charge in [0.05, 0.1) is 12.1 Å². The average molecular weight is 422 g/mol. The quantitative estimate of drug-likeness (QED) is 0.407. The Hall–Kier alpha value is -3.19. The summed E-state index contributed by atoms with van der Waals surface area (Å²) in [6.45, 7) is 0.727. The first-order valence-electron chi connectivity index (χ1n) is 10.6. The second-order valence-corrected chi connectivity index (χ2v) is 11.0. The maximum Gasteiger partial charge on any atom is 0.145 e. The number of rotatable bonds is 6. The lowest BCUT2D eigenvalue weighted by Crippen LogP contribution is -2.38. The Bertz CT molecular complexity index is 1180. The van der Waals surface area contributed by atoms with Crippen LogP contribution in [0.4, 0.5) is 0 Å². The molecule has 5 aromatic rings. The number of hydrogen-bond donors (Lipinski definition) is 1. The van der Waals surface area contributed by atoms with Gasteiger partial charge in [-0.3, -0.25) is 0 Å². The van der Waals surface area contributed by atoms with E-state index in [1.165, 1.54) is 32.1 Å². The van der Waals surface area contributed by atoms with Crippen molar-refractivity contribution in [1.82, 2.24) is 4.57 Å². The average Bonchev–Trinajstić information content (AvgIpc) is 3.26. The SMILES string of the molecule is OCCn1ccc2c([P+](c3ccccc3)(c3ccccc3)c3ccccc3)cccc21. The number of fused-ring (bicyclic) bond motifs is 1. The monoisotopic (exact) mass is 422 g/mol. The van der Waals surface area contributed by atoms with Crippen LogP contribution in [0.3, 0.4) is 0 Å². The van der Waals surface area contributed by atoms with Crippen molar-refractivity contribution >= 4 is 39.4 Å². The van der Waals surface area contributed by atoms with E-state index in [9.17, 15) is 5.11 Å². The summed E-state index contributed by atoms with van der Waals surface area (Å²) in [5.41, 5.74) is 1.17. The Morgan fingerprint density at radius 1 is 0.581 bits per heavy atom. The van der Waals surface area contributed by atoms with Crippen LogP contribution in [0.25, 0.3) is 10.9 Å². The van der Waals surface area contributed by atoms with Gasteiger partial charge in [-0.05, 0) is 54.6 Å². The zero-order valence-corrected chi connectivity index (χ0v) is 18.2. The molecule has 0 spiro atoms. The minimum atomic E-state index is -2.13. The van der Waals surface area contributed by atoms with Gasteiger partial charge in [-0.15, -0.1) is 0 Å². The van der Waals surface area contributed by atoms with Crippen molar-refractivity contribution in [2.75, 3.05) is 6.61 Å². The zero-order chi connectivity index (χ0) is 21.1. The van der Waals surface area contributed by atoms with Crippen molar-refractivity contribution in [3.63, 3.8) is 0 Å². The van der Waals surface area contributed by atoms with Crippen molar-refractivity contribution in [3.8, 4) is 0 Å². The van der Waals surface area contributed by atoms with Crippen LogP contribution in [0.1, 0.15) is 0 Å². The lowest BCUT2D eigenvalue weighted by atomic mass is 10.2. The molecule has 1 aromatic heterocycles. The molecule has 152 valence electrons. The van der Waals surface area contributed by atoms with E-state index in [1.54, 1.807) is 0 Å². The first-order chi connectivity index (χ1) is 15.4. The Labute approximate surface area is 183 Å². The fraction of sp³-hybridized carbons (Fsp3) is 0.0714. The van der Waals surface area contributed by atoms with Crippen molar-refractivity contribution in [1.29, 1.82) is 0 Å². The maximum atomic E-state index is 9.55. The second kappa shape index (κ2) is 8.51. The molecule has 5 rings (SSSR count). The van der Waals surface area contributed by atoms with E-state index in [0.29, 0.717) is 6.54 Å². The molecule has 0 unspecified atom stereocenters. The van der Waals surface area contributed by atoms with E-state index >= 15 is 0 Å². The van der Waals surface area contributed by atoms with Crippen LogP contribution in [0.5, 0.6) is 0 Å². The van der Waals surface area contributed by atoms with E-state index < -0.39 is 7.26 Å². The number of nitrogens with zero attached hydrogens (tertiary/aromatic N) is 1. The van der Waals surface area contributed by atoms with Crippen LogP contribution in [0.2, 0.25) is 0 Å². The summed E-state index contributed by atoms with van der Waals surface area (Å²) >= 11 is 0. The van der Waals surface area contributed by atoms with Crippen molar-refractivity contribution in [2.24, 2.45) is 0 Å². The lowest BCUT2D eigenvalue weighted by molar-refractivity contribution is 0.278. The lowest BCUT2D eigenvalue weighted by Gasteiger charge is -2.28. The fourth-order valence-corrected chi connectivity index (χ4v) is 9.07. The highest BCUT2D eigenvalue weighted by Gasteiger charge is 2.48. The fourth-order valence-electron chi connectivity index (χ4n) is 4.62. The van der Waals surface area contributed by atoms with Crippen molar-refractivity contribution in [3.05, 3.63) is 121 Å². The highest BCUT2D eigenvalue weighted by atomic mass is 31.2. The molecule has 0 atom stereocenters. The molecule has 4 aromatic carbocycles. The smallest absolute Gasteiger partial charge is 0.145 e. The number of benzene rings is 4. The summed E-state index contributed by atoms with van der Waals surface area (Å²) in [4.78, 5) is 0. The molecular formula is C28H25NOP+. The number of aromatic nitrogens is 1. The van der Waals surface area contributed by atoms with Crippen LogP contribution in [-0.2, 0) is 6.54 Å². The molecule has 2 nitrogen and oxygen atoms in total. The molecule has 31 heavy (non-hydrogen) atoms. The third-order valence-electron chi connectivity index (χ3n) is 5.92. The summed E-state index contributed by atoms with van der Waals surface area (Å²) in [5, 5.41) is 16.2. The third kappa shape index (κ3) is 3.29. The van der Waals surface area contributed by atoms with Gasteiger partial charge in [0.25, 0.3) is 0 Å². The molecule has 0 aliphatic carbocycles. The molecule has 0 aliphatic rings. The van der Waals surface area contributed by atoms with E-state index in [2.05, 4.69) is 126 Å².